The molecule has 6 nitrogen and oxygen atoms in total. The number of alkyl halides is 2. The third-order valence-corrected chi connectivity index (χ3v) is 3.55. The fourth-order valence-electron chi connectivity index (χ4n) is 2.39. The molecule has 1 aliphatic rings. The van der Waals surface area contributed by atoms with Crippen molar-refractivity contribution >= 4 is 17.6 Å². The predicted octanol–water partition coefficient (Wildman–Crippen LogP) is 2.34. The first kappa shape index (κ1) is 17.0. The molecule has 0 atom stereocenters. The molecule has 3 amide bonds. The number of urea groups is 1. The van der Waals surface area contributed by atoms with E-state index in [1.165, 1.54) is 6.07 Å². The van der Waals surface area contributed by atoms with E-state index in [4.69, 9.17) is 0 Å². The van der Waals surface area contributed by atoms with Gasteiger partial charge in [0.15, 0.2) is 0 Å². The molecule has 2 rings (SSSR count). The molecule has 2 N–H and O–H groups in total. The highest BCUT2D eigenvalue weighted by Crippen LogP contribution is 2.29. The lowest BCUT2D eigenvalue weighted by atomic mass is 10.2. The van der Waals surface area contributed by atoms with Crippen LogP contribution in [0.5, 0.6) is 5.75 Å². The van der Waals surface area contributed by atoms with E-state index < -0.39 is 12.6 Å². The lowest BCUT2D eigenvalue weighted by Gasteiger charge is -2.17. The number of aryl methyl sites for hydroxylation is 1. The molecule has 1 saturated heterocycles. The summed E-state index contributed by atoms with van der Waals surface area (Å²) in [7, 11) is 0. The van der Waals surface area contributed by atoms with Gasteiger partial charge in [-0.1, -0.05) is 12.1 Å². The number of benzene rings is 1. The Kier molecular flexibility index (Phi) is 5.72. The summed E-state index contributed by atoms with van der Waals surface area (Å²) in [6, 6.07) is 3.89. The second-order valence-electron chi connectivity index (χ2n) is 5.22. The van der Waals surface area contributed by atoms with Crippen molar-refractivity contribution in [3.8, 4) is 5.75 Å². The summed E-state index contributed by atoms with van der Waals surface area (Å²) in [5.41, 5.74) is 0.725. The quantitative estimate of drug-likeness (QED) is 0.872. The number of para-hydroxylation sites is 1. The minimum Gasteiger partial charge on any atom is -0.433 e. The summed E-state index contributed by atoms with van der Waals surface area (Å²) < 4.78 is 29.2. The van der Waals surface area contributed by atoms with Gasteiger partial charge in [-0.15, -0.1) is 0 Å². The normalized spacial score (nSPS) is 14.0. The molecule has 1 aromatic rings. The van der Waals surface area contributed by atoms with Crippen molar-refractivity contribution in [1.29, 1.82) is 0 Å². The molecule has 1 fully saturated rings. The number of rotatable bonds is 5. The molecule has 1 aromatic carbocycles. The SMILES string of the molecule is Cc1cccc(OC(F)F)c1NC(=O)NCC(=O)N1CCCC1. The lowest BCUT2D eigenvalue weighted by molar-refractivity contribution is -0.128. The van der Waals surface area contributed by atoms with Crippen LogP contribution < -0.4 is 15.4 Å². The molecule has 23 heavy (non-hydrogen) atoms. The highest BCUT2D eigenvalue weighted by molar-refractivity contribution is 5.94. The number of hydrogen-bond donors (Lipinski definition) is 2. The van der Waals surface area contributed by atoms with E-state index in [0.717, 1.165) is 12.8 Å². The summed E-state index contributed by atoms with van der Waals surface area (Å²) >= 11 is 0. The number of carbonyl (C=O) groups excluding carboxylic acids is 2. The first-order valence-electron chi connectivity index (χ1n) is 7.34. The second kappa shape index (κ2) is 7.75. The maximum Gasteiger partial charge on any atom is 0.387 e. The van der Waals surface area contributed by atoms with E-state index in [1.807, 2.05) is 0 Å². The number of nitrogens with one attached hydrogen (secondary N) is 2. The van der Waals surface area contributed by atoms with Crippen LogP contribution in [0.3, 0.4) is 0 Å². The third kappa shape index (κ3) is 4.80. The smallest absolute Gasteiger partial charge is 0.387 e. The van der Waals surface area contributed by atoms with Crippen molar-refractivity contribution in [1.82, 2.24) is 10.2 Å². The molecule has 0 aromatic heterocycles. The summed E-state index contributed by atoms with van der Waals surface area (Å²) in [5.74, 6) is -0.285. The van der Waals surface area contributed by atoms with Gasteiger partial charge in [-0.05, 0) is 31.4 Å². The van der Waals surface area contributed by atoms with Crippen LogP contribution in [0.4, 0.5) is 19.3 Å². The molecular formula is C15H19F2N3O3. The Morgan fingerprint density at radius 3 is 2.65 bits per heavy atom. The molecular weight excluding hydrogens is 308 g/mol. The zero-order valence-electron chi connectivity index (χ0n) is 12.8. The highest BCUT2D eigenvalue weighted by Gasteiger charge is 2.19. The van der Waals surface area contributed by atoms with E-state index >= 15 is 0 Å². The molecule has 1 heterocycles. The van der Waals surface area contributed by atoms with Gasteiger partial charge in [0.05, 0.1) is 12.2 Å². The predicted molar refractivity (Wildman–Crippen MR) is 80.6 cm³/mol. The summed E-state index contributed by atoms with van der Waals surface area (Å²) in [6.45, 7) is -0.0674. The van der Waals surface area contributed by atoms with E-state index in [2.05, 4.69) is 15.4 Å². The van der Waals surface area contributed by atoms with Gasteiger partial charge in [-0.3, -0.25) is 4.79 Å². The number of carbonyl (C=O) groups is 2. The van der Waals surface area contributed by atoms with Gasteiger partial charge in [-0.25, -0.2) is 4.79 Å². The van der Waals surface area contributed by atoms with Gasteiger partial charge in [-0.2, -0.15) is 8.78 Å². The maximum absolute atomic E-state index is 12.4. The molecule has 0 radical (unpaired) electrons. The molecule has 0 saturated carbocycles. The highest BCUT2D eigenvalue weighted by atomic mass is 19.3. The van der Waals surface area contributed by atoms with Crippen LogP contribution in [-0.2, 0) is 4.79 Å². The van der Waals surface area contributed by atoms with Crippen molar-refractivity contribution in [3.05, 3.63) is 23.8 Å². The number of anilines is 1. The number of nitrogens with zero attached hydrogens (tertiary/aromatic N) is 1. The number of halogens is 2. The average molecular weight is 327 g/mol. The minimum absolute atomic E-state index is 0.124. The topological polar surface area (TPSA) is 70.7 Å². The summed E-state index contributed by atoms with van der Waals surface area (Å²) in [4.78, 5) is 25.4. The first-order chi connectivity index (χ1) is 11.0. The Labute approximate surface area is 132 Å². The van der Waals surface area contributed by atoms with Crippen molar-refractivity contribution in [2.45, 2.75) is 26.4 Å². The Bertz CT molecular complexity index is 575. The third-order valence-electron chi connectivity index (χ3n) is 3.55. The number of hydrogen-bond acceptors (Lipinski definition) is 3. The van der Waals surface area contributed by atoms with Crippen molar-refractivity contribution in [2.24, 2.45) is 0 Å². The Morgan fingerprint density at radius 2 is 2.00 bits per heavy atom. The van der Waals surface area contributed by atoms with E-state index in [-0.39, 0.29) is 23.9 Å². The van der Waals surface area contributed by atoms with Crippen molar-refractivity contribution < 1.29 is 23.1 Å². The van der Waals surface area contributed by atoms with Gasteiger partial charge in [0.2, 0.25) is 5.91 Å². The fraction of sp³-hybridized carbons (Fsp3) is 0.467. The molecule has 0 bridgehead atoms. The molecule has 8 heteroatoms. The van der Waals surface area contributed by atoms with E-state index in [0.29, 0.717) is 18.7 Å². The van der Waals surface area contributed by atoms with Gasteiger partial charge >= 0.3 is 12.6 Å². The van der Waals surface area contributed by atoms with Gasteiger partial charge in [0.25, 0.3) is 0 Å². The Hall–Kier alpha value is -2.38. The largest absolute Gasteiger partial charge is 0.433 e. The van der Waals surface area contributed by atoms with Crippen LogP contribution in [0.15, 0.2) is 18.2 Å². The van der Waals surface area contributed by atoms with E-state index in [1.54, 1.807) is 24.0 Å². The fourth-order valence-corrected chi connectivity index (χ4v) is 2.39. The zero-order chi connectivity index (χ0) is 16.8. The van der Waals surface area contributed by atoms with Crippen LogP contribution in [0.1, 0.15) is 18.4 Å². The molecule has 0 aliphatic carbocycles. The van der Waals surface area contributed by atoms with Gasteiger partial charge in [0, 0.05) is 13.1 Å². The summed E-state index contributed by atoms with van der Waals surface area (Å²) in [6.07, 6.45) is 1.94. The number of likely N-dealkylation sites (tertiary alicyclic amines) is 1. The van der Waals surface area contributed by atoms with Crippen molar-refractivity contribution in [3.63, 3.8) is 0 Å². The Morgan fingerprint density at radius 1 is 1.30 bits per heavy atom. The second-order valence-corrected chi connectivity index (χ2v) is 5.22. The Balaban J connectivity index is 1.93. The van der Waals surface area contributed by atoms with Crippen LogP contribution >= 0.6 is 0 Å². The monoisotopic (exact) mass is 327 g/mol. The molecule has 0 unspecified atom stereocenters. The molecule has 1 aliphatic heterocycles. The molecule has 0 spiro atoms. The maximum atomic E-state index is 12.4. The summed E-state index contributed by atoms with van der Waals surface area (Å²) in [5, 5.41) is 4.88. The van der Waals surface area contributed by atoms with Crippen LogP contribution in [0.2, 0.25) is 0 Å². The minimum atomic E-state index is -2.99. The number of amides is 3. The lowest BCUT2D eigenvalue weighted by Crippen LogP contribution is -2.40. The first-order valence-corrected chi connectivity index (χ1v) is 7.34. The van der Waals surface area contributed by atoms with Crippen LogP contribution in [0, 0.1) is 6.92 Å². The number of ether oxygens (including phenoxy) is 1. The van der Waals surface area contributed by atoms with Gasteiger partial charge in [0.1, 0.15) is 5.75 Å². The van der Waals surface area contributed by atoms with Gasteiger partial charge < -0.3 is 20.3 Å². The standard InChI is InChI=1S/C15H19F2N3O3/c1-10-5-4-6-11(23-14(16)17)13(10)19-15(22)18-9-12(21)20-7-2-3-8-20/h4-6,14H,2-3,7-9H2,1H3,(H2,18,19,22). The van der Waals surface area contributed by atoms with Crippen LogP contribution in [0.25, 0.3) is 0 Å². The average Bonchev–Trinajstić information content (AvgIpc) is 3.02. The van der Waals surface area contributed by atoms with Crippen molar-refractivity contribution in [2.75, 3.05) is 25.0 Å². The zero-order valence-corrected chi connectivity index (χ0v) is 12.8. The van der Waals surface area contributed by atoms with E-state index in [9.17, 15) is 18.4 Å². The van der Waals surface area contributed by atoms with Crippen LogP contribution in [-0.4, -0.2) is 43.1 Å². The molecule has 126 valence electrons.